The molecule has 19 heavy (non-hydrogen) atoms. The molecule has 1 aliphatic heterocycles. The minimum atomic E-state index is -3.96. The molecule has 1 aromatic rings. The van der Waals surface area contributed by atoms with Crippen LogP contribution in [0.15, 0.2) is 23.1 Å². The first-order chi connectivity index (χ1) is 8.90. The first-order valence-corrected chi connectivity index (χ1v) is 7.43. The van der Waals surface area contributed by atoms with E-state index in [1.807, 2.05) is 0 Å². The predicted molar refractivity (Wildman–Crippen MR) is 69.7 cm³/mol. The van der Waals surface area contributed by atoms with Crippen molar-refractivity contribution in [2.24, 2.45) is 0 Å². The Balaban J connectivity index is 2.38. The van der Waals surface area contributed by atoms with Crippen molar-refractivity contribution in [3.63, 3.8) is 0 Å². The lowest BCUT2D eigenvalue weighted by Gasteiger charge is -2.12. The fourth-order valence-corrected chi connectivity index (χ4v) is 3.60. The predicted octanol–water partition coefficient (Wildman–Crippen LogP) is 0.888. The van der Waals surface area contributed by atoms with Crippen LogP contribution in [0.25, 0.3) is 0 Å². The summed E-state index contributed by atoms with van der Waals surface area (Å²) in [6.45, 7) is 1.22. The molecule has 9 heteroatoms. The van der Waals surface area contributed by atoms with Crippen molar-refractivity contribution in [3.8, 4) is 0 Å². The van der Waals surface area contributed by atoms with E-state index >= 15 is 0 Å². The number of hydrogen-bond donors (Lipinski definition) is 2. The zero-order valence-electron chi connectivity index (χ0n) is 9.80. The molecule has 0 radical (unpaired) electrons. The standard InChI is InChI=1S/C10H12ClN3O4S/c11-7-1-2-9(14(15)16)10(5-7)19(17,18)13-8-3-4-12-6-8/h1-2,5,8,12-13H,3-4,6H2. The number of nitro groups is 1. The van der Waals surface area contributed by atoms with Crippen LogP contribution >= 0.6 is 11.6 Å². The number of nitrogens with one attached hydrogen (secondary N) is 2. The number of benzene rings is 1. The number of nitro benzene ring substituents is 1. The first-order valence-electron chi connectivity index (χ1n) is 5.57. The van der Waals surface area contributed by atoms with Crippen molar-refractivity contribution in [1.29, 1.82) is 0 Å². The lowest BCUT2D eigenvalue weighted by molar-refractivity contribution is -0.387. The third kappa shape index (κ3) is 3.21. The monoisotopic (exact) mass is 305 g/mol. The maximum atomic E-state index is 12.2. The number of nitrogens with zero attached hydrogens (tertiary/aromatic N) is 1. The van der Waals surface area contributed by atoms with E-state index in [2.05, 4.69) is 10.0 Å². The summed E-state index contributed by atoms with van der Waals surface area (Å²) in [5.41, 5.74) is -0.483. The summed E-state index contributed by atoms with van der Waals surface area (Å²) in [6.07, 6.45) is 0.646. The minimum Gasteiger partial charge on any atom is -0.315 e. The second-order valence-electron chi connectivity index (χ2n) is 4.18. The summed E-state index contributed by atoms with van der Waals surface area (Å²) < 4.78 is 26.8. The van der Waals surface area contributed by atoms with Gasteiger partial charge in [-0.3, -0.25) is 10.1 Å². The summed E-state index contributed by atoms with van der Waals surface area (Å²) in [6, 6.07) is 3.20. The van der Waals surface area contributed by atoms with Gasteiger partial charge in [-0.05, 0) is 25.1 Å². The number of sulfonamides is 1. The number of rotatable bonds is 4. The molecule has 7 nitrogen and oxygen atoms in total. The van der Waals surface area contributed by atoms with Crippen LogP contribution in [-0.2, 0) is 10.0 Å². The summed E-state index contributed by atoms with van der Waals surface area (Å²) in [7, 11) is -3.96. The summed E-state index contributed by atoms with van der Waals surface area (Å²) in [4.78, 5) is 9.73. The van der Waals surface area contributed by atoms with Crippen molar-refractivity contribution in [3.05, 3.63) is 33.3 Å². The van der Waals surface area contributed by atoms with Gasteiger partial charge in [0.2, 0.25) is 10.0 Å². The molecule has 0 aromatic heterocycles. The third-order valence-corrected chi connectivity index (χ3v) is 4.57. The molecule has 0 bridgehead atoms. The Kier molecular flexibility index (Phi) is 4.04. The van der Waals surface area contributed by atoms with Gasteiger partial charge in [-0.1, -0.05) is 11.6 Å². The summed E-state index contributed by atoms with van der Waals surface area (Å²) in [5, 5.41) is 14.0. The van der Waals surface area contributed by atoms with E-state index in [1.54, 1.807) is 0 Å². The molecule has 0 amide bonds. The Bertz CT molecular complexity index is 599. The molecule has 1 aliphatic rings. The molecule has 1 heterocycles. The molecule has 2 rings (SSSR count). The van der Waals surface area contributed by atoms with Gasteiger partial charge >= 0.3 is 0 Å². The molecule has 0 saturated carbocycles. The first kappa shape index (κ1) is 14.2. The van der Waals surface area contributed by atoms with Gasteiger partial charge in [0.25, 0.3) is 5.69 Å². The Morgan fingerprint density at radius 2 is 2.21 bits per heavy atom. The highest BCUT2D eigenvalue weighted by Gasteiger charge is 2.29. The smallest absolute Gasteiger partial charge is 0.289 e. The average molecular weight is 306 g/mol. The van der Waals surface area contributed by atoms with Crippen molar-refractivity contribution >= 4 is 27.3 Å². The average Bonchev–Trinajstić information content (AvgIpc) is 2.80. The fraction of sp³-hybridized carbons (Fsp3) is 0.400. The fourth-order valence-electron chi connectivity index (χ4n) is 1.89. The van der Waals surface area contributed by atoms with Gasteiger partial charge in [-0.15, -0.1) is 0 Å². The van der Waals surface area contributed by atoms with Crippen LogP contribution in [0.5, 0.6) is 0 Å². The van der Waals surface area contributed by atoms with E-state index < -0.39 is 25.5 Å². The summed E-state index contributed by atoms with van der Waals surface area (Å²) in [5.74, 6) is 0. The van der Waals surface area contributed by atoms with Crippen LogP contribution in [-0.4, -0.2) is 32.5 Å². The van der Waals surface area contributed by atoms with E-state index in [0.29, 0.717) is 19.5 Å². The van der Waals surface area contributed by atoms with Crippen LogP contribution in [0.3, 0.4) is 0 Å². The lowest BCUT2D eigenvalue weighted by atomic mass is 10.3. The van der Waals surface area contributed by atoms with E-state index in [0.717, 1.165) is 12.1 Å². The SMILES string of the molecule is O=[N+]([O-])c1ccc(Cl)cc1S(=O)(=O)NC1CCNC1. The lowest BCUT2D eigenvalue weighted by Crippen LogP contribution is -2.36. The van der Waals surface area contributed by atoms with Gasteiger partial charge in [0.05, 0.1) is 4.92 Å². The highest BCUT2D eigenvalue weighted by Crippen LogP contribution is 2.27. The van der Waals surface area contributed by atoms with Crippen LogP contribution in [0.1, 0.15) is 6.42 Å². The van der Waals surface area contributed by atoms with Gasteiger partial charge in [0.1, 0.15) is 0 Å². The Morgan fingerprint density at radius 3 is 2.79 bits per heavy atom. The Morgan fingerprint density at radius 1 is 1.47 bits per heavy atom. The van der Waals surface area contributed by atoms with Crippen molar-refractivity contribution in [2.75, 3.05) is 13.1 Å². The zero-order valence-corrected chi connectivity index (χ0v) is 11.4. The number of halogens is 1. The highest BCUT2D eigenvalue weighted by molar-refractivity contribution is 7.89. The highest BCUT2D eigenvalue weighted by atomic mass is 35.5. The van der Waals surface area contributed by atoms with Crippen LogP contribution in [0.2, 0.25) is 5.02 Å². The quantitative estimate of drug-likeness (QED) is 0.635. The van der Waals surface area contributed by atoms with E-state index in [9.17, 15) is 18.5 Å². The molecule has 104 valence electrons. The second-order valence-corrected chi connectivity index (χ2v) is 6.30. The largest absolute Gasteiger partial charge is 0.315 e. The normalized spacial score (nSPS) is 19.5. The van der Waals surface area contributed by atoms with E-state index in [1.165, 1.54) is 6.07 Å². The molecule has 1 saturated heterocycles. The Hall–Kier alpha value is -1.22. The third-order valence-electron chi connectivity index (χ3n) is 2.79. The maximum absolute atomic E-state index is 12.2. The van der Waals surface area contributed by atoms with Gasteiger partial charge in [0.15, 0.2) is 4.90 Å². The van der Waals surface area contributed by atoms with Gasteiger partial charge in [0, 0.05) is 23.7 Å². The maximum Gasteiger partial charge on any atom is 0.289 e. The van der Waals surface area contributed by atoms with Crippen LogP contribution < -0.4 is 10.0 Å². The second kappa shape index (κ2) is 5.41. The molecule has 0 spiro atoms. The van der Waals surface area contributed by atoms with Gasteiger partial charge < -0.3 is 5.32 Å². The zero-order chi connectivity index (χ0) is 14.0. The van der Waals surface area contributed by atoms with E-state index in [4.69, 9.17) is 11.6 Å². The topological polar surface area (TPSA) is 101 Å². The molecule has 1 unspecified atom stereocenters. The van der Waals surface area contributed by atoms with Gasteiger partial charge in [-0.2, -0.15) is 0 Å². The molecular formula is C10H12ClN3O4S. The van der Waals surface area contributed by atoms with Crippen molar-refractivity contribution in [1.82, 2.24) is 10.0 Å². The van der Waals surface area contributed by atoms with E-state index in [-0.39, 0.29) is 11.1 Å². The summed E-state index contributed by atoms with van der Waals surface area (Å²) >= 11 is 5.72. The Labute approximate surface area is 115 Å². The van der Waals surface area contributed by atoms with Gasteiger partial charge in [-0.25, -0.2) is 13.1 Å². The van der Waals surface area contributed by atoms with Crippen molar-refractivity contribution < 1.29 is 13.3 Å². The minimum absolute atomic E-state index is 0.135. The number of hydrogen-bond acceptors (Lipinski definition) is 5. The van der Waals surface area contributed by atoms with Crippen LogP contribution in [0, 0.1) is 10.1 Å². The molecule has 1 atom stereocenters. The molecule has 2 N–H and O–H groups in total. The molecule has 0 aliphatic carbocycles. The van der Waals surface area contributed by atoms with Crippen LogP contribution in [0.4, 0.5) is 5.69 Å². The molecule has 1 aromatic carbocycles. The van der Waals surface area contributed by atoms with Crippen molar-refractivity contribution in [2.45, 2.75) is 17.4 Å². The molecule has 1 fully saturated rings. The molecular weight excluding hydrogens is 294 g/mol.